The number of anilines is 1. The number of nitrogens with one attached hydrogen (secondary N) is 1. The molecule has 1 aliphatic rings. The second kappa shape index (κ2) is 10.7. The Kier molecular flexibility index (Phi) is 7.00. The molecule has 0 bridgehead atoms. The zero-order valence-corrected chi connectivity index (χ0v) is 19.9. The number of ether oxygens (including phenoxy) is 1. The van der Waals surface area contributed by atoms with Crippen LogP contribution < -0.4 is 10.5 Å². The van der Waals surface area contributed by atoms with Gasteiger partial charge in [-0.2, -0.15) is 0 Å². The number of hydrogen-bond donors (Lipinski definition) is 3. The fourth-order valence-corrected chi connectivity index (χ4v) is 4.70. The topological polar surface area (TPSA) is 86.9 Å². The van der Waals surface area contributed by atoms with Crippen LogP contribution in [0.3, 0.4) is 0 Å². The number of nitrogens with zero attached hydrogens (tertiary/aromatic N) is 2. The van der Waals surface area contributed by atoms with E-state index in [1.807, 2.05) is 72.8 Å². The number of likely N-dealkylation sites (tertiary alicyclic amines) is 1. The van der Waals surface area contributed by atoms with E-state index in [-0.39, 0.29) is 5.88 Å². The van der Waals surface area contributed by atoms with Crippen LogP contribution in [0.4, 0.5) is 11.4 Å². The second-order valence-corrected chi connectivity index (χ2v) is 9.08. The predicted molar refractivity (Wildman–Crippen MR) is 143 cm³/mol. The van der Waals surface area contributed by atoms with E-state index in [0.29, 0.717) is 23.6 Å². The SMILES string of the molecule is Nc1ccc2[nH]c(O)c(C(=Nc3ccc(OCCCN4CCCCC4)cc3)c3ccccc3)c2c1. The van der Waals surface area contributed by atoms with Crippen LogP contribution in [0.15, 0.2) is 77.8 Å². The molecular weight excluding hydrogens is 436 g/mol. The molecule has 1 fully saturated rings. The molecule has 5 rings (SSSR count). The van der Waals surface area contributed by atoms with Crippen molar-refractivity contribution >= 4 is 28.0 Å². The smallest absolute Gasteiger partial charge is 0.199 e. The third-order valence-corrected chi connectivity index (χ3v) is 6.50. The van der Waals surface area contributed by atoms with E-state index < -0.39 is 0 Å². The van der Waals surface area contributed by atoms with Crippen molar-refractivity contribution in [2.75, 3.05) is 32.0 Å². The van der Waals surface area contributed by atoms with Crippen LogP contribution >= 0.6 is 0 Å². The number of H-pyrrole nitrogens is 1. The van der Waals surface area contributed by atoms with Crippen LogP contribution in [0.1, 0.15) is 36.8 Å². The number of hydrogen-bond acceptors (Lipinski definition) is 5. The van der Waals surface area contributed by atoms with E-state index in [1.165, 1.54) is 32.4 Å². The monoisotopic (exact) mass is 468 g/mol. The summed E-state index contributed by atoms with van der Waals surface area (Å²) in [6, 6.07) is 23.2. The third-order valence-electron chi connectivity index (χ3n) is 6.50. The third kappa shape index (κ3) is 5.49. The molecule has 0 unspecified atom stereocenters. The highest BCUT2D eigenvalue weighted by molar-refractivity contribution is 6.22. The Morgan fingerprint density at radius 3 is 2.51 bits per heavy atom. The van der Waals surface area contributed by atoms with Gasteiger partial charge < -0.3 is 25.5 Å². The van der Waals surface area contributed by atoms with Crippen LogP contribution in [0.5, 0.6) is 11.6 Å². The first kappa shape index (κ1) is 23.0. The quantitative estimate of drug-likeness (QED) is 0.171. The maximum atomic E-state index is 10.8. The van der Waals surface area contributed by atoms with Crippen molar-refractivity contribution in [3.8, 4) is 11.6 Å². The largest absolute Gasteiger partial charge is 0.494 e. The molecule has 6 heteroatoms. The summed E-state index contributed by atoms with van der Waals surface area (Å²) in [5.74, 6) is 0.911. The van der Waals surface area contributed by atoms with E-state index in [4.69, 9.17) is 15.5 Å². The molecule has 4 N–H and O–H groups in total. The Morgan fingerprint density at radius 1 is 0.971 bits per heavy atom. The Labute approximate surface area is 206 Å². The fourth-order valence-electron chi connectivity index (χ4n) is 4.70. The summed E-state index contributed by atoms with van der Waals surface area (Å²) >= 11 is 0. The summed E-state index contributed by atoms with van der Waals surface area (Å²) < 4.78 is 5.97. The van der Waals surface area contributed by atoms with Gasteiger partial charge in [0.2, 0.25) is 0 Å². The van der Waals surface area contributed by atoms with Gasteiger partial charge in [-0.15, -0.1) is 0 Å². The minimum Gasteiger partial charge on any atom is -0.494 e. The van der Waals surface area contributed by atoms with Crippen molar-refractivity contribution in [2.45, 2.75) is 25.7 Å². The van der Waals surface area contributed by atoms with E-state index >= 15 is 0 Å². The first-order chi connectivity index (χ1) is 17.2. The second-order valence-electron chi connectivity index (χ2n) is 9.08. The molecule has 4 aromatic rings. The van der Waals surface area contributed by atoms with Gasteiger partial charge in [0.15, 0.2) is 5.88 Å². The van der Waals surface area contributed by atoms with Gasteiger partial charge in [-0.1, -0.05) is 36.8 Å². The fraction of sp³-hybridized carbons (Fsp3) is 0.276. The summed E-state index contributed by atoms with van der Waals surface area (Å²) in [5.41, 5.74) is 10.5. The summed E-state index contributed by atoms with van der Waals surface area (Å²) in [6.07, 6.45) is 5.03. The lowest BCUT2D eigenvalue weighted by Gasteiger charge is -2.26. The van der Waals surface area contributed by atoms with Crippen molar-refractivity contribution in [1.82, 2.24) is 9.88 Å². The lowest BCUT2D eigenvalue weighted by molar-refractivity contribution is 0.205. The van der Waals surface area contributed by atoms with Crippen molar-refractivity contribution in [2.24, 2.45) is 4.99 Å². The lowest BCUT2D eigenvalue weighted by Crippen LogP contribution is -2.31. The van der Waals surface area contributed by atoms with E-state index in [2.05, 4.69) is 9.88 Å². The van der Waals surface area contributed by atoms with E-state index in [9.17, 15) is 5.11 Å². The maximum Gasteiger partial charge on any atom is 0.199 e. The number of piperidine rings is 1. The van der Waals surface area contributed by atoms with Gasteiger partial charge in [0, 0.05) is 28.7 Å². The van der Waals surface area contributed by atoms with Crippen molar-refractivity contribution in [3.63, 3.8) is 0 Å². The summed E-state index contributed by atoms with van der Waals surface area (Å²) in [4.78, 5) is 10.5. The molecule has 0 saturated carbocycles. The highest BCUT2D eigenvalue weighted by Crippen LogP contribution is 2.33. The van der Waals surface area contributed by atoms with Gasteiger partial charge in [0.1, 0.15) is 5.75 Å². The number of aromatic hydroxyl groups is 1. The number of rotatable bonds is 8. The number of nitrogens with two attached hydrogens (primary N) is 1. The van der Waals surface area contributed by atoms with Gasteiger partial charge in [-0.3, -0.25) is 0 Å². The molecular formula is C29H32N4O2. The Balaban J connectivity index is 1.36. The van der Waals surface area contributed by atoms with E-state index in [0.717, 1.165) is 40.9 Å². The Hall–Kier alpha value is -3.77. The Bertz CT molecular complexity index is 1290. The molecule has 0 spiro atoms. The van der Waals surface area contributed by atoms with Crippen LogP contribution in [0, 0.1) is 0 Å². The normalized spacial score (nSPS) is 14.9. The number of fused-ring (bicyclic) bond motifs is 1. The van der Waals surface area contributed by atoms with Gasteiger partial charge in [0.05, 0.1) is 23.6 Å². The number of nitrogen functional groups attached to an aromatic ring is 1. The summed E-state index contributed by atoms with van der Waals surface area (Å²) in [7, 11) is 0. The number of benzene rings is 3. The average Bonchev–Trinajstić information content (AvgIpc) is 3.22. The number of aliphatic imine (C=N–C) groups is 1. The number of aromatic amines is 1. The van der Waals surface area contributed by atoms with Crippen LogP contribution in [0.2, 0.25) is 0 Å². The molecule has 1 aromatic heterocycles. The van der Waals surface area contributed by atoms with Crippen molar-refractivity contribution in [3.05, 3.63) is 83.9 Å². The molecule has 180 valence electrons. The molecule has 1 saturated heterocycles. The first-order valence-corrected chi connectivity index (χ1v) is 12.4. The maximum absolute atomic E-state index is 10.8. The zero-order valence-electron chi connectivity index (χ0n) is 19.9. The minimum atomic E-state index is 0.0712. The zero-order chi connectivity index (χ0) is 24.0. The molecule has 1 aliphatic heterocycles. The summed E-state index contributed by atoms with van der Waals surface area (Å²) in [5, 5.41) is 11.6. The highest BCUT2D eigenvalue weighted by Gasteiger charge is 2.19. The average molecular weight is 469 g/mol. The molecule has 6 nitrogen and oxygen atoms in total. The molecule has 0 radical (unpaired) electrons. The standard InChI is InChI=1S/C29H32N4O2/c30-22-10-15-26-25(20-22)27(29(34)32-26)28(21-8-3-1-4-9-21)31-23-11-13-24(14-12-23)35-19-7-18-33-16-5-2-6-17-33/h1,3-4,8-15,20,32,34H,2,5-7,16-19,30H2. The van der Waals surface area contributed by atoms with Gasteiger partial charge >= 0.3 is 0 Å². The predicted octanol–water partition coefficient (Wildman–Crippen LogP) is 5.88. The lowest BCUT2D eigenvalue weighted by atomic mass is 10.0. The Morgan fingerprint density at radius 2 is 1.74 bits per heavy atom. The highest BCUT2D eigenvalue weighted by atomic mass is 16.5. The molecule has 0 aliphatic carbocycles. The molecule has 3 aromatic carbocycles. The molecule has 2 heterocycles. The molecule has 0 atom stereocenters. The van der Waals surface area contributed by atoms with Crippen molar-refractivity contribution in [1.29, 1.82) is 0 Å². The van der Waals surface area contributed by atoms with Gasteiger partial charge in [-0.05, 0) is 74.8 Å². The van der Waals surface area contributed by atoms with E-state index in [1.54, 1.807) is 0 Å². The van der Waals surface area contributed by atoms with Gasteiger partial charge in [0.25, 0.3) is 0 Å². The van der Waals surface area contributed by atoms with Crippen LogP contribution in [-0.2, 0) is 0 Å². The van der Waals surface area contributed by atoms with Gasteiger partial charge in [-0.25, -0.2) is 4.99 Å². The summed E-state index contributed by atoms with van der Waals surface area (Å²) in [6.45, 7) is 4.24. The minimum absolute atomic E-state index is 0.0712. The first-order valence-electron chi connectivity index (χ1n) is 12.4. The van der Waals surface area contributed by atoms with Crippen LogP contribution in [-0.4, -0.2) is 46.9 Å². The molecule has 0 amide bonds. The van der Waals surface area contributed by atoms with Crippen molar-refractivity contribution < 1.29 is 9.84 Å². The van der Waals surface area contributed by atoms with Crippen LogP contribution in [0.25, 0.3) is 10.9 Å². The number of aromatic nitrogens is 1. The molecule has 35 heavy (non-hydrogen) atoms.